The summed E-state index contributed by atoms with van der Waals surface area (Å²) in [4.78, 5) is 4.70. The molecule has 0 aliphatic carbocycles. The number of alkyl halides is 4. The lowest BCUT2D eigenvalue weighted by Gasteiger charge is -2.31. The van der Waals surface area contributed by atoms with Crippen LogP contribution in [-0.4, -0.2) is 62.3 Å². The second-order valence-corrected chi connectivity index (χ2v) is 10.4. The van der Waals surface area contributed by atoms with Crippen LogP contribution in [0.3, 0.4) is 0 Å². The Bertz CT molecular complexity index is 1040. The number of hydrogen-bond acceptors (Lipinski definition) is 4. The lowest BCUT2D eigenvalue weighted by atomic mass is 9.89. The van der Waals surface area contributed by atoms with Crippen LogP contribution in [0, 0.1) is 0 Å². The highest BCUT2D eigenvalue weighted by Crippen LogP contribution is 2.39. The van der Waals surface area contributed by atoms with Gasteiger partial charge in [0.2, 0.25) is 0 Å². The Morgan fingerprint density at radius 3 is 1.56 bits per heavy atom. The maximum Gasteiger partial charge on any atom is 0.387 e. The highest BCUT2D eigenvalue weighted by Gasteiger charge is 2.24. The molecule has 0 saturated carbocycles. The van der Waals surface area contributed by atoms with Gasteiger partial charge in [0, 0.05) is 6.54 Å². The van der Waals surface area contributed by atoms with Gasteiger partial charge in [0.25, 0.3) is 0 Å². The first-order valence-corrected chi connectivity index (χ1v) is 14.0. The van der Waals surface area contributed by atoms with E-state index in [0.717, 1.165) is 76.1 Å². The van der Waals surface area contributed by atoms with Crippen LogP contribution in [-0.2, 0) is 0 Å². The molecule has 0 bridgehead atoms. The Morgan fingerprint density at radius 1 is 0.795 bits per heavy atom. The van der Waals surface area contributed by atoms with E-state index >= 15 is 0 Å². The molecule has 2 aliphatic rings. The van der Waals surface area contributed by atoms with Crippen molar-refractivity contribution in [3.63, 3.8) is 0 Å². The quantitative estimate of drug-likeness (QED) is 0.216. The highest BCUT2D eigenvalue weighted by molar-refractivity contribution is 6.33. The van der Waals surface area contributed by atoms with Crippen molar-refractivity contribution in [2.45, 2.75) is 57.7 Å². The monoisotopic (exact) mass is 590 g/mol. The highest BCUT2D eigenvalue weighted by atomic mass is 35.5. The molecule has 0 unspecified atom stereocenters. The van der Waals surface area contributed by atoms with Gasteiger partial charge in [-0.1, -0.05) is 60.5 Å². The number of nitrogens with zero attached hydrogens (tertiary/aromatic N) is 2. The molecule has 2 aliphatic heterocycles. The summed E-state index contributed by atoms with van der Waals surface area (Å²) in [6, 6.07) is 10.2. The summed E-state index contributed by atoms with van der Waals surface area (Å²) >= 11 is 12.4. The lowest BCUT2D eigenvalue weighted by molar-refractivity contribution is -0.0505. The molecule has 0 amide bonds. The van der Waals surface area contributed by atoms with Gasteiger partial charge in [-0.2, -0.15) is 17.6 Å². The first-order chi connectivity index (χ1) is 18.7. The molecule has 4 nitrogen and oxygen atoms in total. The summed E-state index contributed by atoms with van der Waals surface area (Å²) in [5.41, 5.74) is 1.83. The van der Waals surface area contributed by atoms with Crippen molar-refractivity contribution in [1.29, 1.82) is 0 Å². The van der Waals surface area contributed by atoms with Gasteiger partial charge >= 0.3 is 13.2 Å². The number of likely N-dealkylation sites (tertiary alicyclic amines) is 2. The van der Waals surface area contributed by atoms with E-state index in [4.69, 9.17) is 23.2 Å². The molecule has 10 heteroatoms. The van der Waals surface area contributed by atoms with Crippen LogP contribution in [0.15, 0.2) is 49.1 Å². The van der Waals surface area contributed by atoms with Crippen molar-refractivity contribution < 1.29 is 27.0 Å². The summed E-state index contributed by atoms with van der Waals surface area (Å²) in [5.74, 6) is 0.765. The first kappa shape index (κ1) is 31.5. The Labute approximate surface area is 238 Å². The van der Waals surface area contributed by atoms with Gasteiger partial charge in [-0.05, 0) is 93.5 Å². The van der Waals surface area contributed by atoms with Crippen LogP contribution in [0.4, 0.5) is 17.6 Å². The number of rotatable bonds is 9. The molecule has 216 valence electrons. The fourth-order valence-electron chi connectivity index (χ4n) is 5.23. The van der Waals surface area contributed by atoms with E-state index in [2.05, 4.69) is 32.8 Å². The zero-order chi connectivity index (χ0) is 28.4. The van der Waals surface area contributed by atoms with E-state index in [-0.39, 0.29) is 11.5 Å². The third-order valence-corrected chi connectivity index (χ3v) is 8.12. The Morgan fingerprint density at radius 2 is 1.21 bits per heavy atom. The van der Waals surface area contributed by atoms with Gasteiger partial charge in [0.05, 0.1) is 10.0 Å². The van der Waals surface area contributed by atoms with Crippen molar-refractivity contribution in [2.75, 3.05) is 39.3 Å². The summed E-state index contributed by atoms with van der Waals surface area (Å²) in [6.45, 7) is 6.11. The molecular weight excluding hydrogens is 555 g/mol. The molecule has 2 aromatic rings. The average Bonchev–Trinajstić information content (AvgIpc) is 2.92. The molecule has 2 aromatic carbocycles. The summed E-state index contributed by atoms with van der Waals surface area (Å²) < 4.78 is 58.1. The van der Waals surface area contributed by atoms with Gasteiger partial charge in [-0.15, -0.1) is 6.58 Å². The van der Waals surface area contributed by atoms with Gasteiger partial charge in [0.15, 0.2) is 0 Å². The van der Waals surface area contributed by atoms with Gasteiger partial charge in [-0.3, -0.25) is 4.90 Å². The minimum atomic E-state index is -2.85. The van der Waals surface area contributed by atoms with E-state index in [1.165, 1.54) is 12.1 Å². The van der Waals surface area contributed by atoms with Crippen LogP contribution in [0.1, 0.15) is 55.6 Å². The average molecular weight is 592 g/mol. The van der Waals surface area contributed by atoms with E-state index < -0.39 is 13.2 Å². The fraction of sp³-hybridized carbons (Fsp3) is 0.517. The molecule has 2 fully saturated rings. The van der Waals surface area contributed by atoms with E-state index in [1.807, 2.05) is 18.2 Å². The molecule has 0 spiro atoms. The molecule has 0 atom stereocenters. The van der Waals surface area contributed by atoms with Gasteiger partial charge in [-0.25, -0.2) is 0 Å². The molecule has 0 aromatic heterocycles. The topological polar surface area (TPSA) is 24.9 Å². The maximum absolute atomic E-state index is 12.3. The Balaban J connectivity index is 0.000000216. The molecule has 39 heavy (non-hydrogen) atoms. The summed E-state index contributed by atoms with van der Waals surface area (Å²) in [7, 11) is 0. The van der Waals surface area contributed by atoms with Crippen molar-refractivity contribution >= 4 is 23.2 Å². The standard InChI is InChI=1S/C15H18ClF2NO.C14H18ClF2NO/c1-2-8-19-9-6-11(7-10-19)12-4-3-5-13(14(12)16)20-15(17)18;1-2-18-8-6-10(7-9-18)11-4-3-5-12(13(11)15)19-14(16)17/h2-5,11,15H,1,6-10H2;3-5,10,14H,2,6-9H2,1H3. The molecule has 4 rings (SSSR count). The minimum Gasteiger partial charge on any atom is -0.433 e. The number of benzene rings is 2. The summed E-state index contributed by atoms with van der Waals surface area (Å²) in [5, 5.41) is 0.646. The van der Waals surface area contributed by atoms with Gasteiger partial charge < -0.3 is 14.4 Å². The third-order valence-electron chi connectivity index (χ3n) is 7.31. The second-order valence-electron chi connectivity index (χ2n) is 9.65. The third kappa shape index (κ3) is 9.27. The first-order valence-electron chi connectivity index (χ1n) is 13.2. The number of hydrogen-bond donors (Lipinski definition) is 0. The van der Waals surface area contributed by atoms with Crippen molar-refractivity contribution in [3.05, 3.63) is 70.2 Å². The van der Waals surface area contributed by atoms with Gasteiger partial charge in [0.1, 0.15) is 11.5 Å². The minimum absolute atomic E-state index is 0.0627. The van der Waals surface area contributed by atoms with Crippen LogP contribution in [0.5, 0.6) is 11.5 Å². The van der Waals surface area contributed by atoms with Crippen molar-refractivity contribution in [3.8, 4) is 11.5 Å². The smallest absolute Gasteiger partial charge is 0.387 e. The van der Waals surface area contributed by atoms with Crippen molar-refractivity contribution in [2.24, 2.45) is 0 Å². The molecular formula is C29H36Cl2F4N2O2. The Kier molecular flexibility index (Phi) is 12.7. The number of ether oxygens (including phenoxy) is 2. The predicted octanol–water partition coefficient (Wildman–Crippen LogP) is 8.45. The maximum atomic E-state index is 12.3. The molecule has 2 heterocycles. The molecule has 0 N–H and O–H groups in total. The van der Waals surface area contributed by atoms with Crippen LogP contribution < -0.4 is 9.47 Å². The fourth-order valence-corrected chi connectivity index (χ4v) is 5.88. The van der Waals surface area contributed by atoms with E-state index in [9.17, 15) is 17.6 Å². The number of piperidine rings is 2. The van der Waals surface area contributed by atoms with E-state index in [0.29, 0.717) is 21.9 Å². The SMILES string of the molecule is C=CCN1CCC(c2cccc(OC(F)F)c2Cl)CC1.CCN1CCC(c2cccc(OC(F)F)c2Cl)CC1. The summed E-state index contributed by atoms with van der Waals surface area (Å²) in [6.07, 6.45) is 5.83. The van der Waals surface area contributed by atoms with Crippen LogP contribution in [0.2, 0.25) is 10.0 Å². The predicted molar refractivity (Wildman–Crippen MR) is 149 cm³/mol. The van der Waals surface area contributed by atoms with Crippen LogP contribution in [0.25, 0.3) is 0 Å². The van der Waals surface area contributed by atoms with Crippen LogP contribution >= 0.6 is 23.2 Å². The lowest BCUT2D eigenvalue weighted by Crippen LogP contribution is -2.33. The molecule has 2 saturated heterocycles. The number of halogens is 6. The zero-order valence-electron chi connectivity index (χ0n) is 22.1. The normalized spacial score (nSPS) is 17.7. The second kappa shape index (κ2) is 15.7. The largest absolute Gasteiger partial charge is 0.433 e. The zero-order valence-corrected chi connectivity index (χ0v) is 23.6. The van der Waals surface area contributed by atoms with Crippen molar-refractivity contribution in [1.82, 2.24) is 9.80 Å². The Hall–Kier alpha value is -2.00. The van der Waals surface area contributed by atoms with E-state index in [1.54, 1.807) is 12.1 Å². The molecule has 0 radical (unpaired) electrons.